The van der Waals surface area contributed by atoms with Gasteiger partial charge in [0.15, 0.2) is 0 Å². The second kappa shape index (κ2) is 10.0. The lowest BCUT2D eigenvalue weighted by atomic mass is 9.73. The molecule has 40 heavy (non-hydrogen) atoms. The summed E-state index contributed by atoms with van der Waals surface area (Å²) in [6, 6.07) is 14.9. The first-order chi connectivity index (χ1) is 19.2. The summed E-state index contributed by atoms with van der Waals surface area (Å²) in [7, 11) is 1.32. The summed E-state index contributed by atoms with van der Waals surface area (Å²) in [5.74, 6) is -1.82. The van der Waals surface area contributed by atoms with Crippen molar-refractivity contribution in [1.82, 2.24) is 10.2 Å². The van der Waals surface area contributed by atoms with Gasteiger partial charge in [0, 0.05) is 46.0 Å². The molecule has 2 unspecified atom stereocenters. The summed E-state index contributed by atoms with van der Waals surface area (Å²) >= 11 is 12.6. The Morgan fingerprint density at radius 1 is 1.18 bits per heavy atom. The highest BCUT2D eigenvalue weighted by atomic mass is 35.5. The molecule has 3 aliphatic rings. The van der Waals surface area contributed by atoms with Gasteiger partial charge in [0.2, 0.25) is 5.91 Å². The summed E-state index contributed by atoms with van der Waals surface area (Å²) in [5.41, 5.74) is 8.69. The number of halogens is 3. The molecule has 1 spiro atoms. The van der Waals surface area contributed by atoms with Gasteiger partial charge in [0.25, 0.3) is 0 Å². The van der Waals surface area contributed by atoms with Crippen molar-refractivity contribution in [3.63, 3.8) is 0 Å². The maximum absolute atomic E-state index is 15.9. The summed E-state index contributed by atoms with van der Waals surface area (Å²) in [6.07, 6.45) is 1.41. The number of anilines is 2. The maximum Gasteiger partial charge on any atom is 0.337 e. The minimum Gasteiger partial charge on any atom is -0.465 e. The number of hydrogen-bond acceptors (Lipinski definition) is 6. The number of nitrogens with zero attached hydrogens (tertiary/aromatic N) is 1. The molecule has 0 radical (unpaired) electrons. The molecule has 6 rings (SSSR count). The first kappa shape index (κ1) is 27.0. The standard InChI is InChI=1S/C30H29Cl2FN4O3/c1-3-11-37-24-14-22(17-9-7-15(12-21(17)34)28(38)40-2)35-27(24)25(18-5-4-6-20(32)26(18)33)30(37)19-10-8-16(31)13-23(19)36-29(30)39/h4-10,12-13,22,24-25,27,35H,3,11,14,34H2,1-2H3,(H,36,39)/t22?,24?,25-,27+,30+/m0/s1. The molecule has 4 N–H and O–H groups in total. The van der Waals surface area contributed by atoms with Crippen molar-refractivity contribution in [2.45, 2.75) is 49.3 Å². The van der Waals surface area contributed by atoms with Gasteiger partial charge in [-0.05, 0) is 60.8 Å². The SMILES string of the molecule is CCCN1C2CC(c3ccc(C(=O)OC)cc3N)N[C@H]2[C@H](c2cccc(Cl)c2F)[C@]12C(=O)Nc1cc(Cl)ccc12. The lowest BCUT2D eigenvalue weighted by molar-refractivity contribution is -0.128. The number of ether oxygens (including phenoxy) is 1. The number of amides is 1. The molecular formula is C30H29Cl2FN4O3. The highest BCUT2D eigenvalue weighted by Crippen LogP contribution is 2.60. The van der Waals surface area contributed by atoms with Crippen LogP contribution in [0.15, 0.2) is 54.6 Å². The average Bonchev–Trinajstić information content (AvgIpc) is 3.55. The molecule has 0 bridgehead atoms. The smallest absolute Gasteiger partial charge is 0.337 e. The van der Waals surface area contributed by atoms with Crippen LogP contribution in [-0.4, -0.2) is 42.5 Å². The van der Waals surface area contributed by atoms with E-state index in [1.165, 1.54) is 13.2 Å². The summed E-state index contributed by atoms with van der Waals surface area (Å²) < 4.78 is 20.7. The van der Waals surface area contributed by atoms with E-state index in [9.17, 15) is 9.59 Å². The number of benzene rings is 3. The van der Waals surface area contributed by atoms with Crippen molar-refractivity contribution in [3.05, 3.63) is 92.7 Å². The van der Waals surface area contributed by atoms with Crippen LogP contribution in [-0.2, 0) is 15.1 Å². The molecule has 10 heteroatoms. The number of nitrogens with one attached hydrogen (secondary N) is 2. The van der Waals surface area contributed by atoms with Crippen LogP contribution < -0.4 is 16.4 Å². The van der Waals surface area contributed by atoms with Gasteiger partial charge in [0.1, 0.15) is 11.4 Å². The van der Waals surface area contributed by atoms with E-state index in [1.807, 2.05) is 12.1 Å². The third kappa shape index (κ3) is 3.84. The summed E-state index contributed by atoms with van der Waals surface area (Å²) in [5, 5.41) is 7.27. The van der Waals surface area contributed by atoms with Gasteiger partial charge in [-0.25, -0.2) is 9.18 Å². The fourth-order valence-corrected chi connectivity index (χ4v) is 7.49. The first-order valence-electron chi connectivity index (χ1n) is 13.3. The number of fused-ring (bicyclic) bond motifs is 3. The van der Waals surface area contributed by atoms with Crippen molar-refractivity contribution in [3.8, 4) is 0 Å². The van der Waals surface area contributed by atoms with E-state index in [-0.39, 0.29) is 29.1 Å². The monoisotopic (exact) mass is 582 g/mol. The zero-order valence-corrected chi connectivity index (χ0v) is 23.5. The number of esters is 1. The Kier molecular flexibility index (Phi) is 6.78. The Balaban J connectivity index is 1.51. The molecule has 3 heterocycles. The molecule has 2 fully saturated rings. The molecule has 3 aliphatic heterocycles. The van der Waals surface area contributed by atoms with Crippen LogP contribution in [0.2, 0.25) is 10.0 Å². The van der Waals surface area contributed by atoms with E-state index in [1.54, 1.807) is 36.4 Å². The van der Waals surface area contributed by atoms with Gasteiger partial charge in [-0.15, -0.1) is 0 Å². The Labute approximate surface area is 241 Å². The molecule has 0 saturated carbocycles. The predicted molar refractivity (Wildman–Crippen MR) is 153 cm³/mol. The Hall–Kier alpha value is -3.17. The lowest BCUT2D eigenvalue weighted by Gasteiger charge is -2.40. The lowest BCUT2D eigenvalue weighted by Crippen LogP contribution is -2.52. The third-order valence-electron chi connectivity index (χ3n) is 8.60. The van der Waals surface area contributed by atoms with Gasteiger partial charge in [0.05, 0.1) is 17.7 Å². The highest BCUT2D eigenvalue weighted by Gasteiger charge is 2.68. The molecule has 1 amide bonds. The van der Waals surface area contributed by atoms with Crippen LogP contribution in [0, 0.1) is 5.82 Å². The van der Waals surface area contributed by atoms with Crippen molar-refractivity contribution >= 4 is 46.5 Å². The molecule has 2 saturated heterocycles. The average molecular weight is 583 g/mol. The number of nitrogens with two attached hydrogens (primary N) is 1. The molecule has 3 aromatic carbocycles. The molecule has 3 aromatic rings. The van der Waals surface area contributed by atoms with Gasteiger partial charge in [-0.1, -0.05) is 54.4 Å². The number of carbonyl (C=O) groups is 2. The number of hydrogen-bond donors (Lipinski definition) is 3. The largest absolute Gasteiger partial charge is 0.465 e. The van der Waals surface area contributed by atoms with Crippen LogP contribution in [0.1, 0.15) is 58.8 Å². The van der Waals surface area contributed by atoms with E-state index >= 15 is 4.39 Å². The van der Waals surface area contributed by atoms with Crippen LogP contribution in [0.5, 0.6) is 0 Å². The second-order valence-electron chi connectivity index (χ2n) is 10.6. The van der Waals surface area contributed by atoms with E-state index in [2.05, 4.69) is 22.5 Å². The van der Waals surface area contributed by atoms with Gasteiger partial charge in [-0.2, -0.15) is 0 Å². The van der Waals surface area contributed by atoms with E-state index in [0.29, 0.717) is 40.5 Å². The minimum absolute atomic E-state index is 0.00469. The number of nitrogen functional groups attached to an aromatic ring is 1. The number of likely N-dealkylation sites (tertiary alicyclic amines) is 1. The van der Waals surface area contributed by atoms with Crippen LogP contribution >= 0.6 is 23.2 Å². The van der Waals surface area contributed by atoms with Gasteiger partial charge >= 0.3 is 5.97 Å². The van der Waals surface area contributed by atoms with Crippen LogP contribution in [0.25, 0.3) is 0 Å². The normalized spacial score (nSPS) is 27.1. The van der Waals surface area contributed by atoms with Gasteiger partial charge in [-0.3, -0.25) is 9.69 Å². The molecule has 0 aliphatic carbocycles. The van der Waals surface area contributed by atoms with Crippen molar-refractivity contribution in [2.75, 3.05) is 24.7 Å². The Morgan fingerprint density at radius 2 is 1.98 bits per heavy atom. The van der Waals surface area contributed by atoms with Gasteiger partial charge < -0.3 is 21.1 Å². The first-order valence-corrected chi connectivity index (χ1v) is 14.0. The molecule has 208 valence electrons. The fourth-order valence-electron chi connectivity index (χ4n) is 7.14. The topological polar surface area (TPSA) is 96.7 Å². The summed E-state index contributed by atoms with van der Waals surface area (Å²) in [6.45, 7) is 2.68. The second-order valence-corrected chi connectivity index (χ2v) is 11.5. The van der Waals surface area contributed by atoms with Crippen molar-refractivity contribution in [1.29, 1.82) is 0 Å². The zero-order valence-electron chi connectivity index (χ0n) is 22.0. The highest BCUT2D eigenvalue weighted by molar-refractivity contribution is 6.31. The number of carbonyl (C=O) groups excluding carboxylic acids is 2. The van der Waals surface area contributed by atoms with E-state index in [4.69, 9.17) is 33.7 Å². The van der Waals surface area contributed by atoms with Crippen LogP contribution in [0.4, 0.5) is 15.8 Å². The van der Waals surface area contributed by atoms with Crippen molar-refractivity contribution in [2.24, 2.45) is 0 Å². The molecular weight excluding hydrogens is 554 g/mol. The van der Waals surface area contributed by atoms with E-state index in [0.717, 1.165) is 17.5 Å². The minimum atomic E-state index is -1.17. The summed E-state index contributed by atoms with van der Waals surface area (Å²) in [4.78, 5) is 28.4. The predicted octanol–water partition coefficient (Wildman–Crippen LogP) is 5.63. The zero-order chi connectivity index (χ0) is 28.3. The quantitative estimate of drug-likeness (QED) is 0.266. The maximum atomic E-state index is 15.9. The fraction of sp³-hybridized carbons (Fsp3) is 0.333. The van der Waals surface area contributed by atoms with Crippen molar-refractivity contribution < 1.29 is 18.7 Å². The molecule has 5 atom stereocenters. The Bertz CT molecular complexity index is 1530. The third-order valence-corrected chi connectivity index (χ3v) is 9.13. The molecule has 0 aromatic heterocycles. The van der Waals surface area contributed by atoms with E-state index < -0.39 is 23.2 Å². The number of methoxy groups -OCH3 is 1. The molecule has 7 nitrogen and oxygen atoms in total. The number of rotatable bonds is 5. The van der Waals surface area contributed by atoms with Crippen LogP contribution in [0.3, 0.4) is 0 Å². The Morgan fingerprint density at radius 3 is 2.70 bits per heavy atom.